The molecule has 4 rings (SSSR count). The van der Waals surface area contributed by atoms with E-state index in [2.05, 4.69) is 34.9 Å². The zero-order valence-electron chi connectivity index (χ0n) is 17.9. The minimum absolute atomic E-state index is 0.0251. The third kappa shape index (κ3) is 4.93. The third-order valence-corrected chi connectivity index (χ3v) is 6.52. The standard InChI is InChI=1S/C25H28N2O5/c28-23(26-13-16-9-11-17(12-10-16)24(29)30)14-27-25(31)32-15-22-20-7-3-1-5-18(20)19-6-2-4-8-21(19)22/h1-8,16-17,22H,9-15H2,(H,26,28)(H,27,31)(H,29,30). The van der Waals surface area contributed by atoms with Crippen LogP contribution in [0.5, 0.6) is 0 Å². The van der Waals surface area contributed by atoms with Gasteiger partial charge >= 0.3 is 12.1 Å². The largest absolute Gasteiger partial charge is 0.481 e. The molecule has 0 aromatic heterocycles. The zero-order valence-corrected chi connectivity index (χ0v) is 17.9. The van der Waals surface area contributed by atoms with E-state index in [1.54, 1.807) is 0 Å². The molecular weight excluding hydrogens is 408 g/mol. The van der Waals surface area contributed by atoms with Crippen LogP contribution in [0.25, 0.3) is 11.1 Å². The molecule has 2 amide bonds. The van der Waals surface area contributed by atoms with E-state index in [4.69, 9.17) is 9.84 Å². The summed E-state index contributed by atoms with van der Waals surface area (Å²) in [6, 6.07) is 16.2. The van der Waals surface area contributed by atoms with E-state index in [0.717, 1.165) is 35.1 Å². The number of fused-ring (bicyclic) bond motifs is 3. The van der Waals surface area contributed by atoms with Gasteiger partial charge in [-0.15, -0.1) is 0 Å². The summed E-state index contributed by atoms with van der Waals surface area (Å²) < 4.78 is 5.43. The average Bonchev–Trinajstić information content (AvgIpc) is 3.14. The minimum atomic E-state index is -0.736. The van der Waals surface area contributed by atoms with Gasteiger partial charge in [-0.2, -0.15) is 0 Å². The van der Waals surface area contributed by atoms with Gasteiger partial charge in [-0.1, -0.05) is 48.5 Å². The molecule has 3 N–H and O–H groups in total. The van der Waals surface area contributed by atoms with Crippen molar-refractivity contribution in [2.45, 2.75) is 31.6 Å². The van der Waals surface area contributed by atoms with Gasteiger partial charge in [0, 0.05) is 12.5 Å². The summed E-state index contributed by atoms with van der Waals surface area (Å²) in [5.41, 5.74) is 4.59. The number of ether oxygens (including phenoxy) is 1. The normalized spacial score (nSPS) is 19.5. The van der Waals surface area contributed by atoms with Gasteiger partial charge in [-0.05, 0) is 53.9 Å². The molecule has 0 aliphatic heterocycles. The summed E-state index contributed by atoms with van der Waals surface area (Å²) in [6.45, 7) is 0.549. The molecule has 2 aromatic carbocycles. The summed E-state index contributed by atoms with van der Waals surface area (Å²) in [7, 11) is 0. The molecule has 1 saturated carbocycles. The maximum atomic E-state index is 12.2. The number of hydrogen-bond donors (Lipinski definition) is 3. The molecule has 0 radical (unpaired) electrons. The van der Waals surface area contributed by atoms with Gasteiger partial charge in [-0.3, -0.25) is 9.59 Å². The first-order valence-electron chi connectivity index (χ1n) is 11.1. The Morgan fingerprint density at radius 2 is 1.47 bits per heavy atom. The molecule has 168 valence electrons. The number of alkyl carbamates (subject to hydrolysis) is 1. The predicted molar refractivity (Wildman–Crippen MR) is 119 cm³/mol. The number of rotatable bonds is 7. The Hall–Kier alpha value is -3.35. The van der Waals surface area contributed by atoms with Gasteiger partial charge in [0.15, 0.2) is 0 Å². The monoisotopic (exact) mass is 436 g/mol. The molecule has 2 aliphatic rings. The van der Waals surface area contributed by atoms with E-state index in [-0.39, 0.29) is 36.8 Å². The van der Waals surface area contributed by atoms with Gasteiger partial charge in [0.25, 0.3) is 0 Å². The number of carboxylic acid groups (broad SMARTS) is 1. The first-order chi connectivity index (χ1) is 15.5. The van der Waals surface area contributed by atoms with Crippen molar-refractivity contribution < 1.29 is 24.2 Å². The van der Waals surface area contributed by atoms with E-state index in [0.29, 0.717) is 19.4 Å². The molecule has 0 heterocycles. The van der Waals surface area contributed by atoms with Crippen molar-refractivity contribution in [1.29, 1.82) is 0 Å². The van der Waals surface area contributed by atoms with E-state index >= 15 is 0 Å². The number of carbonyl (C=O) groups excluding carboxylic acids is 2. The van der Waals surface area contributed by atoms with Crippen molar-refractivity contribution in [3.8, 4) is 11.1 Å². The highest BCUT2D eigenvalue weighted by Gasteiger charge is 2.29. The lowest BCUT2D eigenvalue weighted by Gasteiger charge is -2.26. The van der Waals surface area contributed by atoms with Crippen LogP contribution < -0.4 is 10.6 Å². The van der Waals surface area contributed by atoms with Crippen molar-refractivity contribution in [3.05, 3.63) is 59.7 Å². The van der Waals surface area contributed by atoms with Crippen LogP contribution in [-0.4, -0.2) is 42.8 Å². The topological polar surface area (TPSA) is 105 Å². The number of hydrogen-bond acceptors (Lipinski definition) is 4. The maximum absolute atomic E-state index is 12.2. The third-order valence-electron chi connectivity index (χ3n) is 6.52. The van der Waals surface area contributed by atoms with Crippen LogP contribution in [0, 0.1) is 11.8 Å². The molecule has 2 aromatic rings. The maximum Gasteiger partial charge on any atom is 0.407 e. The second kappa shape index (κ2) is 9.85. The Labute approximate surface area is 187 Å². The quantitative estimate of drug-likeness (QED) is 0.616. The van der Waals surface area contributed by atoms with Crippen molar-refractivity contribution in [1.82, 2.24) is 10.6 Å². The fourth-order valence-electron chi connectivity index (χ4n) is 4.74. The van der Waals surface area contributed by atoms with E-state index < -0.39 is 12.1 Å². The SMILES string of the molecule is O=C(CNC(=O)OCC1c2ccccc2-c2ccccc21)NCC1CCC(C(=O)O)CC1. The van der Waals surface area contributed by atoms with Crippen LogP contribution in [0.4, 0.5) is 4.79 Å². The van der Waals surface area contributed by atoms with Crippen molar-refractivity contribution in [2.24, 2.45) is 11.8 Å². The van der Waals surface area contributed by atoms with Gasteiger partial charge < -0.3 is 20.5 Å². The first-order valence-corrected chi connectivity index (χ1v) is 11.1. The molecule has 7 nitrogen and oxygen atoms in total. The predicted octanol–water partition coefficient (Wildman–Crippen LogP) is 3.53. The number of carboxylic acids is 1. The lowest BCUT2D eigenvalue weighted by atomic mass is 9.82. The smallest absolute Gasteiger partial charge is 0.407 e. The van der Waals surface area contributed by atoms with Crippen molar-refractivity contribution in [2.75, 3.05) is 19.7 Å². The summed E-state index contributed by atoms with van der Waals surface area (Å²) in [6.07, 6.45) is 2.25. The van der Waals surface area contributed by atoms with E-state index in [9.17, 15) is 14.4 Å². The van der Waals surface area contributed by atoms with Crippen LogP contribution in [0.1, 0.15) is 42.7 Å². The van der Waals surface area contributed by atoms with Gasteiger partial charge in [-0.25, -0.2) is 4.79 Å². The fourth-order valence-corrected chi connectivity index (χ4v) is 4.74. The molecule has 0 bridgehead atoms. The number of nitrogens with one attached hydrogen (secondary N) is 2. The first kappa shape index (κ1) is 21.9. The Morgan fingerprint density at radius 1 is 0.875 bits per heavy atom. The van der Waals surface area contributed by atoms with Crippen LogP contribution >= 0.6 is 0 Å². The van der Waals surface area contributed by atoms with Crippen molar-refractivity contribution >= 4 is 18.0 Å². The number of aliphatic carboxylic acids is 1. The fraction of sp³-hybridized carbons (Fsp3) is 0.400. The molecule has 1 fully saturated rings. The van der Waals surface area contributed by atoms with E-state index in [1.165, 1.54) is 0 Å². The lowest BCUT2D eigenvalue weighted by Crippen LogP contribution is -2.40. The average molecular weight is 437 g/mol. The van der Waals surface area contributed by atoms with Gasteiger partial charge in [0.2, 0.25) is 5.91 Å². The molecule has 0 spiro atoms. The minimum Gasteiger partial charge on any atom is -0.481 e. The zero-order chi connectivity index (χ0) is 22.5. The Bertz CT molecular complexity index is 952. The highest BCUT2D eigenvalue weighted by atomic mass is 16.5. The molecule has 2 aliphatic carbocycles. The lowest BCUT2D eigenvalue weighted by molar-refractivity contribution is -0.143. The van der Waals surface area contributed by atoms with Gasteiger partial charge in [0.05, 0.1) is 12.5 Å². The molecule has 0 atom stereocenters. The highest BCUT2D eigenvalue weighted by Crippen LogP contribution is 2.44. The van der Waals surface area contributed by atoms with Crippen LogP contribution in [-0.2, 0) is 14.3 Å². The summed E-state index contributed by atoms with van der Waals surface area (Å²) >= 11 is 0. The second-order valence-electron chi connectivity index (χ2n) is 8.54. The van der Waals surface area contributed by atoms with Gasteiger partial charge in [0.1, 0.15) is 6.61 Å². The Morgan fingerprint density at radius 3 is 2.06 bits per heavy atom. The van der Waals surface area contributed by atoms with E-state index in [1.807, 2.05) is 24.3 Å². The summed E-state index contributed by atoms with van der Waals surface area (Å²) in [5, 5.41) is 14.4. The number of amides is 2. The Balaban J connectivity index is 1.20. The Kier molecular flexibility index (Phi) is 6.73. The van der Waals surface area contributed by atoms with Crippen LogP contribution in [0.2, 0.25) is 0 Å². The van der Waals surface area contributed by atoms with Crippen LogP contribution in [0.15, 0.2) is 48.5 Å². The van der Waals surface area contributed by atoms with Crippen LogP contribution in [0.3, 0.4) is 0 Å². The summed E-state index contributed by atoms with van der Waals surface area (Å²) in [4.78, 5) is 35.3. The summed E-state index contributed by atoms with van der Waals surface area (Å²) in [5.74, 6) is -1.03. The molecule has 0 unspecified atom stereocenters. The molecular formula is C25H28N2O5. The number of benzene rings is 2. The second-order valence-corrected chi connectivity index (χ2v) is 8.54. The molecule has 7 heteroatoms. The number of carbonyl (C=O) groups is 3. The highest BCUT2D eigenvalue weighted by molar-refractivity contribution is 5.82. The molecule has 0 saturated heterocycles. The molecule has 32 heavy (non-hydrogen) atoms. The van der Waals surface area contributed by atoms with Crippen molar-refractivity contribution in [3.63, 3.8) is 0 Å².